The van der Waals surface area contributed by atoms with Crippen LogP contribution in [0.5, 0.6) is 5.75 Å². The average molecular weight is 291 g/mol. The van der Waals surface area contributed by atoms with Crippen LogP contribution >= 0.6 is 0 Å². The Kier molecular flexibility index (Phi) is 7.24. The van der Waals surface area contributed by atoms with Gasteiger partial charge < -0.3 is 10.1 Å². The van der Waals surface area contributed by atoms with E-state index < -0.39 is 0 Å². The number of hydrogen-bond donors (Lipinski definition) is 1. The molecule has 0 bridgehead atoms. The molecule has 0 saturated carbocycles. The fourth-order valence-electron chi connectivity index (χ4n) is 2.35. The van der Waals surface area contributed by atoms with Crippen LogP contribution in [0.3, 0.4) is 0 Å². The van der Waals surface area contributed by atoms with Gasteiger partial charge in [0, 0.05) is 6.54 Å². The molecule has 1 N–H and O–H groups in total. The third-order valence-corrected chi connectivity index (χ3v) is 3.61. The minimum atomic E-state index is 0.117. The monoisotopic (exact) mass is 291 g/mol. The number of rotatable bonds is 8. The smallest absolute Gasteiger partial charge is 0.123 e. The van der Waals surface area contributed by atoms with Crippen molar-refractivity contribution >= 4 is 0 Å². The Labute approximate surface area is 131 Å². The fourth-order valence-corrected chi connectivity index (χ4v) is 2.35. The Bertz CT molecular complexity index is 418. The molecule has 0 aromatic heterocycles. The second kappa shape index (κ2) is 8.43. The van der Waals surface area contributed by atoms with Crippen LogP contribution in [0.15, 0.2) is 18.2 Å². The lowest BCUT2D eigenvalue weighted by Gasteiger charge is -2.23. The summed E-state index contributed by atoms with van der Waals surface area (Å²) >= 11 is 0. The summed E-state index contributed by atoms with van der Waals surface area (Å²) in [7, 11) is 0. The molecular weight excluding hydrogens is 258 g/mol. The first-order valence-corrected chi connectivity index (χ1v) is 8.25. The predicted molar refractivity (Wildman–Crippen MR) is 92.3 cm³/mol. The lowest BCUT2D eigenvalue weighted by atomic mass is 9.85. The van der Waals surface area contributed by atoms with E-state index in [1.165, 1.54) is 24.0 Å². The van der Waals surface area contributed by atoms with Gasteiger partial charge in [0.05, 0.1) is 0 Å². The highest BCUT2D eigenvalue weighted by Gasteiger charge is 2.18. The fraction of sp³-hybridized carbons (Fsp3) is 0.684. The maximum Gasteiger partial charge on any atom is 0.123 e. The van der Waals surface area contributed by atoms with Crippen molar-refractivity contribution in [2.24, 2.45) is 5.92 Å². The summed E-state index contributed by atoms with van der Waals surface area (Å²) in [4.78, 5) is 0. The van der Waals surface area contributed by atoms with Gasteiger partial charge in [0.1, 0.15) is 12.4 Å². The van der Waals surface area contributed by atoms with Gasteiger partial charge in [0.2, 0.25) is 0 Å². The summed E-state index contributed by atoms with van der Waals surface area (Å²) < 4.78 is 5.98. The van der Waals surface area contributed by atoms with E-state index in [1.807, 2.05) is 0 Å². The molecule has 2 nitrogen and oxygen atoms in total. The molecule has 21 heavy (non-hydrogen) atoms. The first kappa shape index (κ1) is 18.0. The minimum Gasteiger partial charge on any atom is -0.492 e. The molecule has 0 aliphatic heterocycles. The number of hydrogen-bond acceptors (Lipinski definition) is 2. The molecule has 0 fully saturated rings. The molecule has 0 aliphatic carbocycles. The highest BCUT2D eigenvalue weighted by Crippen LogP contribution is 2.31. The van der Waals surface area contributed by atoms with E-state index >= 15 is 0 Å². The van der Waals surface area contributed by atoms with E-state index in [4.69, 9.17) is 4.74 Å². The molecule has 120 valence electrons. The maximum atomic E-state index is 5.98. The first-order chi connectivity index (χ1) is 9.80. The minimum absolute atomic E-state index is 0.117. The number of benzene rings is 1. The zero-order valence-corrected chi connectivity index (χ0v) is 14.8. The van der Waals surface area contributed by atoms with Crippen LogP contribution in [-0.2, 0) is 5.41 Å². The van der Waals surface area contributed by atoms with Crippen molar-refractivity contribution in [2.75, 3.05) is 19.7 Å². The highest BCUT2D eigenvalue weighted by atomic mass is 16.5. The van der Waals surface area contributed by atoms with Crippen molar-refractivity contribution in [3.05, 3.63) is 29.3 Å². The molecule has 0 atom stereocenters. The Morgan fingerprint density at radius 1 is 1.14 bits per heavy atom. The molecule has 0 radical (unpaired) electrons. The van der Waals surface area contributed by atoms with E-state index in [-0.39, 0.29) is 5.41 Å². The van der Waals surface area contributed by atoms with Gasteiger partial charge in [-0.25, -0.2) is 0 Å². The molecule has 1 aromatic rings. The van der Waals surface area contributed by atoms with Crippen LogP contribution in [0.4, 0.5) is 0 Å². The molecule has 1 rings (SSSR count). The Hall–Kier alpha value is -1.02. The van der Waals surface area contributed by atoms with E-state index in [2.05, 4.69) is 65.1 Å². The Morgan fingerprint density at radius 2 is 1.86 bits per heavy atom. The van der Waals surface area contributed by atoms with Crippen molar-refractivity contribution in [1.29, 1.82) is 0 Å². The quantitative estimate of drug-likeness (QED) is 0.701. The van der Waals surface area contributed by atoms with Crippen molar-refractivity contribution in [3.8, 4) is 5.75 Å². The largest absolute Gasteiger partial charge is 0.492 e. The highest BCUT2D eigenvalue weighted by molar-refractivity contribution is 5.41. The Morgan fingerprint density at radius 3 is 2.48 bits per heavy atom. The molecule has 2 heteroatoms. The van der Waals surface area contributed by atoms with Crippen LogP contribution in [0.2, 0.25) is 0 Å². The van der Waals surface area contributed by atoms with Gasteiger partial charge >= 0.3 is 0 Å². The van der Waals surface area contributed by atoms with Gasteiger partial charge in [-0.1, -0.05) is 52.3 Å². The second-order valence-corrected chi connectivity index (χ2v) is 7.38. The van der Waals surface area contributed by atoms with Gasteiger partial charge in [-0.3, -0.25) is 0 Å². The normalized spacial score (nSPS) is 12.0. The summed E-state index contributed by atoms with van der Waals surface area (Å²) in [5.41, 5.74) is 2.70. The zero-order valence-electron chi connectivity index (χ0n) is 14.8. The number of aryl methyl sites for hydroxylation is 1. The topological polar surface area (TPSA) is 21.3 Å². The SMILES string of the molecule is Cc1ccc(OCCNCCCC(C)C)c(C(C)(C)C)c1. The van der Waals surface area contributed by atoms with Gasteiger partial charge in [0.25, 0.3) is 0 Å². The van der Waals surface area contributed by atoms with Crippen molar-refractivity contribution < 1.29 is 4.74 Å². The van der Waals surface area contributed by atoms with Crippen molar-refractivity contribution in [3.63, 3.8) is 0 Å². The lowest BCUT2D eigenvalue weighted by molar-refractivity contribution is 0.305. The van der Waals surface area contributed by atoms with Gasteiger partial charge in [-0.15, -0.1) is 0 Å². The Balaban J connectivity index is 2.39. The second-order valence-electron chi connectivity index (χ2n) is 7.38. The number of nitrogens with one attached hydrogen (secondary N) is 1. The van der Waals surface area contributed by atoms with Crippen LogP contribution in [0, 0.1) is 12.8 Å². The summed E-state index contributed by atoms with van der Waals surface area (Å²) in [6.07, 6.45) is 2.54. The zero-order chi connectivity index (χ0) is 15.9. The van der Waals surface area contributed by atoms with Gasteiger partial charge in [0.15, 0.2) is 0 Å². The van der Waals surface area contributed by atoms with E-state index in [9.17, 15) is 0 Å². The molecule has 0 spiro atoms. The summed E-state index contributed by atoms with van der Waals surface area (Å²) in [5.74, 6) is 1.82. The van der Waals surface area contributed by atoms with E-state index in [0.29, 0.717) is 0 Å². The lowest BCUT2D eigenvalue weighted by Crippen LogP contribution is -2.23. The van der Waals surface area contributed by atoms with Crippen LogP contribution in [-0.4, -0.2) is 19.7 Å². The standard InChI is InChI=1S/C19H33NO/c1-15(2)8-7-11-20-12-13-21-18-10-9-16(3)14-17(18)19(4,5)6/h9-10,14-15,20H,7-8,11-13H2,1-6H3. The van der Waals surface area contributed by atoms with E-state index in [0.717, 1.165) is 31.4 Å². The van der Waals surface area contributed by atoms with Crippen LogP contribution in [0.25, 0.3) is 0 Å². The molecule has 0 heterocycles. The summed E-state index contributed by atoms with van der Waals surface area (Å²) in [6, 6.07) is 6.47. The molecule has 1 aromatic carbocycles. The summed E-state index contributed by atoms with van der Waals surface area (Å²) in [6.45, 7) is 16.1. The van der Waals surface area contributed by atoms with Gasteiger partial charge in [-0.2, -0.15) is 0 Å². The molecule has 0 aliphatic rings. The molecule has 0 saturated heterocycles. The maximum absolute atomic E-state index is 5.98. The molecular formula is C19H33NO. The molecule has 0 unspecified atom stereocenters. The van der Waals surface area contributed by atoms with Crippen LogP contribution in [0.1, 0.15) is 58.6 Å². The average Bonchev–Trinajstić information content (AvgIpc) is 2.37. The summed E-state index contributed by atoms with van der Waals surface area (Å²) in [5, 5.41) is 3.46. The third kappa shape index (κ3) is 6.99. The third-order valence-electron chi connectivity index (χ3n) is 3.61. The molecule has 0 amide bonds. The van der Waals surface area contributed by atoms with Crippen molar-refractivity contribution in [1.82, 2.24) is 5.32 Å². The van der Waals surface area contributed by atoms with Gasteiger partial charge in [-0.05, 0) is 49.3 Å². The van der Waals surface area contributed by atoms with Crippen molar-refractivity contribution in [2.45, 2.75) is 59.8 Å². The predicted octanol–water partition coefficient (Wildman–Crippen LogP) is 4.70. The number of ether oxygens (including phenoxy) is 1. The van der Waals surface area contributed by atoms with Crippen LogP contribution < -0.4 is 10.1 Å². The first-order valence-electron chi connectivity index (χ1n) is 8.25. The van der Waals surface area contributed by atoms with E-state index in [1.54, 1.807) is 0 Å².